The second-order valence-electron chi connectivity index (χ2n) is 7.20. The number of benzene rings is 2. The van der Waals surface area contributed by atoms with Crippen molar-refractivity contribution in [3.05, 3.63) is 111 Å². The normalized spacial score (nSPS) is 15.8. The van der Waals surface area contributed by atoms with Gasteiger partial charge in [0.25, 0.3) is 5.91 Å². The molecule has 32 heavy (non-hydrogen) atoms. The number of nitrogens with zero attached hydrogens (tertiary/aromatic N) is 1. The molecule has 0 fully saturated rings. The predicted molar refractivity (Wildman–Crippen MR) is 128 cm³/mol. The van der Waals surface area contributed by atoms with E-state index in [1.54, 1.807) is 18.4 Å². The van der Waals surface area contributed by atoms with Gasteiger partial charge in [0, 0.05) is 22.2 Å². The molecule has 5 nitrogen and oxygen atoms in total. The van der Waals surface area contributed by atoms with Gasteiger partial charge in [-0.05, 0) is 48.9 Å². The van der Waals surface area contributed by atoms with E-state index in [-0.39, 0.29) is 5.91 Å². The fraction of sp³-hybridized carbons (Fsp3) is 0.120. The minimum atomic E-state index is -0.604. The van der Waals surface area contributed by atoms with Crippen LogP contribution >= 0.6 is 23.4 Å². The molecule has 1 amide bonds. The first-order valence-corrected chi connectivity index (χ1v) is 11.3. The number of anilines is 1. The van der Waals surface area contributed by atoms with Gasteiger partial charge in [0.1, 0.15) is 5.76 Å². The number of furan rings is 1. The van der Waals surface area contributed by atoms with Gasteiger partial charge in [-0.1, -0.05) is 41.9 Å². The lowest BCUT2D eigenvalue weighted by atomic mass is 9.85. The van der Waals surface area contributed by atoms with E-state index in [0.717, 1.165) is 5.56 Å². The zero-order valence-electron chi connectivity index (χ0n) is 17.3. The molecule has 4 rings (SSSR count). The van der Waals surface area contributed by atoms with Crippen LogP contribution in [-0.2, 0) is 10.5 Å². The Kier molecular flexibility index (Phi) is 6.69. The monoisotopic (exact) mass is 461 g/mol. The Hall–Kier alpha value is -3.40. The van der Waals surface area contributed by atoms with Crippen molar-refractivity contribution in [2.45, 2.75) is 18.6 Å². The van der Waals surface area contributed by atoms with E-state index >= 15 is 0 Å². The average molecular weight is 462 g/mol. The van der Waals surface area contributed by atoms with E-state index in [1.165, 1.54) is 11.8 Å². The highest BCUT2D eigenvalue weighted by atomic mass is 35.5. The van der Waals surface area contributed by atoms with E-state index in [4.69, 9.17) is 16.0 Å². The van der Waals surface area contributed by atoms with Crippen LogP contribution in [-0.4, -0.2) is 5.91 Å². The van der Waals surface area contributed by atoms with Crippen LogP contribution in [0.3, 0.4) is 0 Å². The SMILES string of the molecule is CC1=C(C(=O)Nc2ccccc2)[C@H](c2ccco2)C(C#N)=C(SCc2ccc(Cl)cc2)N1. The third-order valence-electron chi connectivity index (χ3n) is 5.05. The fourth-order valence-electron chi connectivity index (χ4n) is 3.52. The number of carbonyl (C=O) groups is 1. The molecule has 3 aromatic rings. The molecule has 0 bridgehead atoms. The van der Waals surface area contributed by atoms with Crippen molar-refractivity contribution in [2.75, 3.05) is 5.32 Å². The molecule has 0 aliphatic carbocycles. The van der Waals surface area contributed by atoms with Crippen molar-refractivity contribution in [3.8, 4) is 6.07 Å². The van der Waals surface area contributed by atoms with Gasteiger partial charge >= 0.3 is 0 Å². The molecular weight excluding hydrogens is 442 g/mol. The molecule has 2 heterocycles. The maximum atomic E-state index is 13.3. The summed E-state index contributed by atoms with van der Waals surface area (Å²) in [7, 11) is 0. The number of carbonyl (C=O) groups excluding carboxylic acids is 1. The topological polar surface area (TPSA) is 78.1 Å². The summed E-state index contributed by atoms with van der Waals surface area (Å²) >= 11 is 7.49. The third-order valence-corrected chi connectivity index (χ3v) is 6.39. The molecular formula is C25H20ClN3O2S. The van der Waals surface area contributed by atoms with Crippen LogP contribution in [0.1, 0.15) is 24.2 Å². The number of dihydropyridines is 1. The lowest BCUT2D eigenvalue weighted by Gasteiger charge is -2.28. The summed E-state index contributed by atoms with van der Waals surface area (Å²) in [4.78, 5) is 13.3. The second-order valence-corrected chi connectivity index (χ2v) is 8.62. The van der Waals surface area contributed by atoms with Crippen molar-refractivity contribution in [1.29, 1.82) is 5.26 Å². The minimum absolute atomic E-state index is 0.280. The molecule has 0 unspecified atom stereocenters. The molecule has 160 valence electrons. The van der Waals surface area contributed by atoms with Gasteiger partial charge in [-0.15, -0.1) is 11.8 Å². The van der Waals surface area contributed by atoms with Crippen LogP contribution in [0, 0.1) is 11.3 Å². The maximum absolute atomic E-state index is 13.3. The molecule has 1 aliphatic rings. The Morgan fingerprint density at radius 1 is 1.16 bits per heavy atom. The quantitative estimate of drug-likeness (QED) is 0.456. The highest BCUT2D eigenvalue weighted by Gasteiger charge is 2.36. The highest BCUT2D eigenvalue weighted by molar-refractivity contribution is 8.02. The van der Waals surface area contributed by atoms with Gasteiger partial charge in [-0.2, -0.15) is 5.26 Å². The van der Waals surface area contributed by atoms with Crippen LogP contribution in [0.5, 0.6) is 0 Å². The van der Waals surface area contributed by atoms with Crippen LogP contribution in [0.15, 0.2) is 99.3 Å². The molecule has 0 radical (unpaired) electrons. The number of amides is 1. The van der Waals surface area contributed by atoms with Crippen LogP contribution in [0.2, 0.25) is 5.02 Å². The van der Waals surface area contributed by atoms with Gasteiger partial charge in [-0.25, -0.2) is 0 Å². The fourth-order valence-corrected chi connectivity index (χ4v) is 4.70. The van der Waals surface area contributed by atoms with Crippen molar-refractivity contribution >= 4 is 35.0 Å². The summed E-state index contributed by atoms with van der Waals surface area (Å²) in [6.07, 6.45) is 1.55. The molecule has 1 aromatic heterocycles. The number of hydrogen-bond donors (Lipinski definition) is 2. The predicted octanol–water partition coefficient (Wildman–Crippen LogP) is 6.20. The van der Waals surface area contributed by atoms with Gasteiger partial charge in [0.2, 0.25) is 0 Å². The number of nitrogens with one attached hydrogen (secondary N) is 2. The van der Waals surface area contributed by atoms with Crippen molar-refractivity contribution in [3.63, 3.8) is 0 Å². The highest BCUT2D eigenvalue weighted by Crippen LogP contribution is 2.41. The molecule has 2 N–H and O–H groups in total. The first-order chi connectivity index (χ1) is 15.6. The first kappa shape index (κ1) is 21.8. The maximum Gasteiger partial charge on any atom is 0.254 e. The first-order valence-electron chi connectivity index (χ1n) is 9.96. The molecule has 7 heteroatoms. The molecule has 1 atom stereocenters. The zero-order chi connectivity index (χ0) is 22.5. The average Bonchev–Trinajstić information content (AvgIpc) is 3.33. The second kappa shape index (κ2) is 9.82. The number of nitriles is 1. The summed E-state index contributed by atoms with van der Waals surface area (Å²) in [5.41, 5.74) is 3.34. The summed E-state index contributed by atoms with van der Waals surface area (Å²) in [6, 6.07) is 22.7. The van der Waals surface area contributed by atoms with Crippen molar-refractivity contribution in [2.24, 2.45) is 0 Å². The van der Waals surface area contributed by atoms with Crippen LogP contribution in [0.4, 0.5) is 5.69 Å². The molecule has 2 aromatic carbocycles. The van der Waals surface area contributed by atoms with E-state index in [9.17, 15) is 10.1 Å². The van der Waals surface area contributed by atoms with Crippen LogP contribution in [0.25, 0.3) is 0 Å². The Labute approximate surface area is 195 Å². The standard InChI is InChI=1S/C25H20ClN3O2S/c1-16-22(24(30)29-19-6-3-2-4-7-19)23(21-8-5-13-31-21)20(14-27)25(28-16)32-15-17-9-11-18(26)12-10-17/h2-13,23,28H,15H2,1H3,(H,29,30)/t23-/m0/s1. The van der Waals surface area contributed by atoms with Gasteiger partial charge in [-0.3, -0.25) is 4.79 Å². The number of halogens is 1. The van der Waals surface area contributed by atoms with Gasteiger partial charge in [0.15, 0.2) is 0 Å². The van der Waals surface area contributed by atoms with Crippen LogP contribution < -0.4 is 10.6 Å². The Bertz CT molecular complexity index is 1210. The van der Waals surface area contributed by atoms with E-state index < -0.39 is 5.92 Å². The Balaban J connectivity index is 1.66. The number of para-hydroxylation sites is 1. The number of rotatable bonds is 6. The summed E-state index contributed by atoms with van der Waals surface area (Å²) in [5.74, 6) is 0.309. The Morgan fingerprint density at radius 2 is 1.91 bits per heavy atom. The van der Waals surface area contributed by atoms with Gasteiger partial charge in [0.05, 0.1) is 34.4 Å². The van der Waals surface area contributed by atoms with Crippen molar-refractivity contribution in [1.82, 2.24) is 5.32 Å². The van der Waals surface area contributed by atoms with E-state index in [2.05, 4.69) is 16.7 Å². The summed E-state index contributed by atoms with van der Waals surface area (Å²) in [6.45, 7) is 1.84. The lowest BCUT2D eigenvalue weighted by Crippen LogP contribution is -2.30. The zero-order valence-corrected chi connectivity index (χ0v) is 18.8. The van der Waals surface area contributed by atoms with E-state index in [0.29, 0.717) is 44.1 Å². The number of hydrogen-bond acceptors (Lipinski definition) is 5. The number of allylic oxidation sites excluding steroid dienone is 2. The van der Waals surface area contributed by atoms with E-state index in [1.807, 2.05) is 61.5 Å². The summed E-state index contributed by atoms with van der Waals surface area (Å²) in [5, 5.41) is 17.7. The number of thioether (sulfide) groups is 1. The largest absolute Gasteiger partial charge is 0.468 e. The minimum Gasteiger partial charge on any atom is -0.468 e. The molecule has 1 aliphatic heterocycles. The van der Waals surface area contributed by atoms with Gasteiger partial charge < -0.3 is 15.1 Å². The molecule has 0 saturated heterocycles. The Morgan fingerprint density at radius 3 is 2.56 bits per heavy atom. The smallest absolute Gasteiger partial charge is 0.254 e. The van der Waals surface area contributed by atoms with Crippen molar-refractivity contribution < 1.29 is 9.21 Å². The third kappa shape index (κ3) is 4.75. The molecule has 0 spiro atoms. The summed E-state index contributed by atoms with van der Waals surface area (Å²) < 4.78 is 5.66. The lowest BCUT2D eigenvalue weighted by molar-refractivity contribution is -0.113. The molecule has 0 saturated carbocycles.